The Kier molecular flexibility index (Phi) is 8.88. The number of aromatic nitrogens is 1. The molecule has 8 heteroatoms. The minimum atomic E-state index is -0.239. The molecule has 2 fully saturated rings. The number of carbonyl (C=O) groups is 1. The van der Waals surface area contributed by atoms with Crippen molar-refractivity contribution >= 4 is 46.1 Å². The monoisotopic (exact) mass is 534 g/mol. The molecule has 6 nitrogen and oxygen atoms in total. The largest absolute Gasteiger partial charge is 0.357 e. The van der Waals surface area contributed by atoms with Gasteiger partial charge in [-0.25, -0.2) is 0 Å². The molecule has 2 saturated heterocycles. The highest BCUT2D eigenvalue weighted by molar-refractivity contribution is 8.26. The summed E-state index contributed by atoms with van der Waals surface area (Å²) in [5, 5.41) is 9.90. The third kappa shape index (κ3) is 5.83. The van der Waals surface area contributed by atoms with Gasteiger partial charge in [-0.05, 0) is 50.3 Å². The SMILES string of the molecule is CCCCn1c(N2CCCCCC2)c(/C=C2\SC(=S)N(Cc3ccc(C)cc3)C2=O)c(C)c(C#N)c1=O. The van der Waals surface area contributed by atoms with Gasteiger partial charge in [-0.3, -0.25) is 19.1 Å². The number of thioether (sulfide) groups is 1. The lowest BCUT2D eigenvalue weighted by atomic mass is 10.0. The van der Waals surface area contributed by atoms with Gasteiger partial charge in [0.2, 0.25) is 0 Å². The van der Waals surface area contributed by atoms with E-state index >= 15 is 0 Å². The van der Waals surface area contributed by atoms with E-state index in [1.165, 1.54) is 11.8 Å². The van der Waals surface area contributed by atoms with Crippen molar-refractivity contribution in [2.75, 3.05) is 18.0 Å². The number of hydrogen-bond donors (Lipinski definition) is 0. The summed E-state index contributed by atoms with van der Waals surface area (Å²) in [5.74, 6) is 0.697. The van der Waals surface area contributed by atoms with E-state index in [4.69, 9.17) is 12.2 Å². The first kappa shape index (κ1) is 27.2. The van der Waals surface area contributed by atoms with E-state index < -0.39 is 0 Å². The van der Waals surface area contributed by atoms with E-state index in [9.17, 15) is 14.9 Å². The van der Waals surface area contributed by atoms with Crippen LogP contribution < -0.4 is 10.5 Å². The Bertz CT molecular complexity index is 1310. The number of pyridine rings is 1. The van der Waals surface area contributed by atoms with Crippen molar-refractivity contribution in [1.29, 1.82) is 5.26 Å². The zero-order chi connectivity index (χ0) is 26.5. The molecule has 0 aliphatic carbocycles. The first-order valence-corrected chi connectivity index (χ1v) is 14.3. The van der Waals surface area contributed by atoms with Crippen molar-refractivity contribution in [2.45, 2.75) is 72.4 Å². The molecular formula is C29H34N4O2S2. The van der Waals surface area contributed by atoms with E-state index in [2.05, 4.69) is 17.9 Å². The third-order valence-electron chi connectivity index (χ3n) is 7.10. The molecule has 1 aromatic heterocycles. The van der Waals surface area contributed by atoms with Crippen molar-refractivity contribution in [1.82, 2.24) is 9.47 Å². The average molecular weight is 535 g/mol. The molecule has 4 rings (SSSR count). The molecule has 0 radical (unpaired) electrons. The van der Waals surface area contributed by atoms with Crippen LogP contribution in [-0.2, 0) is 17.9 Å². The number of amides is 1. The van der Waals surface area contributed by atoms with Crippen molar-refractivity contribution in [3.63, 3.8) is 0 Å². The number of nitriles is 1. The Morgan fingerprint density at radius 1 is 1.08 bits per heavy atom. The summed E-state index contributed by atoms with van der Waals surface area (Å²) in [7, 11) is 0. The fourth-order valence-corrected chi connectivity index (χ4v) is 6.17. The molecule has 1 amide bonds. The number of nitrogens with zero attached hydrogens (tertiary/aromatic N) is 4. The third-order valence-corrected chi connectivity index (χ3v) is 8.48. The number of benzene rings is 1. The number of rotatable bonds is 7. The first-order valence-electron chi connectivity index (χ1n) is 13.1. The molecule has 0 N–H and O–H groups in total. The van der Waals surface area contributed by atoms with Gasteiger partial charge in [0.25, 0.3) is 11.5 Å². The highest BCUT2D eigenvalue weighted by atomic mass is 32.2. The highest BCUT2D eigenvalue weighted by Gasteiger charge is 2.33. The van der Waals surface area contributed by atoms with Gasteiger partial charge in [0.05, 0.1) is 11.4 Å². The van der Waals surface area contributed by atoms with Crippen LogP contribution in [0.15, 0.2) is 34.0 Å². The fraction of sp³-hybridized carbons (Fsp3) is 0.448. The van der Waals surface area contributed by atoms with Crippen LogP contribution in [0.3, 0.4) is 0 Å². The molecule has 0 unspecified atom stereocenters. The van der Waals surface area contributed by atoms with Crippen LogP contribution in [0.5, 0.6) is 0 Å². The summed E-state index contributed by atoms with van der Waals surface area (Å²) < 4.78 is 2.30. The van der Waals surface area contributed by atoms with Gasteiger partial charge in [0, 0.05) is 25.2 Å². The number of thiocarbonyl (C=S) groups is 1. The van der Waals surface area contributed by atoms with E-state index in [0.29, 0.717) is 27.9 Å². The second-order valence-corrected chi connectivity index (χ2v) is 11.5. The van der Waals surface area contributed by atoms with E-state index in [-0.39, 0.29) is 17.0 Å². The Labute approximate surface area is 229 Å². The molecule has 3 heterocycles. The van der Waals surface area contributed by atoms with Gasteiger partial charge in [0.1, 0.15) is 21.8 Å². The van der Waals surface area contributed by atoms with Crippen LogP contribution in [0.25, 0.3) is 6.08 Å². The van der Waals surface area contributed by atoms with Crippen molar-refractivity contribution in [2.24, 2.45) is 0 Å². The van der Waals surface area contributed by atoms with Crippen LogP contribution in [0.1, 0.15) is 73.3 Å². The first-order chi connectivity index (χ1) is 17.8. The lowest BCUT2D eigenvalue weighted by Crippen LogP contribution is -2.35. The number of anilines is 1. The molecule has 0 atom stereocenters. The van der Waals surface area contributed by atoms with E-state index in [1.807, 2.05) is 44.2 Å². The Balaban J connectivity index is 1.81. The van der Waals surface area contributed by atoms with Gasteiger partial charge < -0.3 is 4.90 Å². The molecule has 1 aromatic carbocycles. The molecule has 194 valence electrons. The fourth-order valence-electron chi connectivity index (χ4n) is 4.93. The maximum absolute atomic E-state index is 13.5. The molecule has 0 spiro atoms. The molecular weight excluding hydrogens is 500 g/mol. The summed E-state index contributed by atoms with van der Waals surface area (Å²) in [6.45, 7) is 8.62. The molecule has 2 aromatic rings. The Hall–Kier alpha value is -2.89. The minimum Gasteiger partial charge on any atom is -0.357 e. The van der Waals surface area contributed by atoms with Gasteiger partial charge >= 0.3 is 0 Å². The topological polar surface area (TPSA) is 69.3 Å². The number of aryl methyl sites for hydroxylation is 1. The predicted octanol–water partition coefficient (Wildman–Crippen LogP) is 5.92. The maximum Gasteiger partial charge on any atom is 0.270 e. The van der Waals surface area contributed by atoms with Crippen LogP contribution in [-0.4, -0.2) is 32.8 Å². The zero-order valence-electron chi connectivity index (χ0n) is 21.9. The second-order valence-electron chi connectivity index (χ2n) is 9.81. The smallest absolute Gasteiger partial charge is 0.270 e. The number of carbonyl (C=O) groups excluding carboxylic acids is 1. The van der Waals surface area contributed by atoms with Crippen LogP contribution in [0.4, 0.5) is 5.82 Å². The lowest BCUT2D eigenvalue weighted by molar-refractivity contribution is -0.122. The normalized spacial score (nSPS) is 17.4. The quantitative estimate of drug-likeness (QED) is 0.325. The lowest BCUT2D eigenvalue weighted by Gasteiger charge is -2.29. The van der Waals surface area contributed by atoms with E-state index in [1.54, 1.807) is 9.47 Å². The summed E-state index contributed by atoms with van der Waals surface area (Å²) in [6.07, 6.45) is 8.09. The molecule has 37 heavy (non-hydrogen) atoms. The van der Waals surface area contributed by atoms with E-state index in [0.717, 1.165) is 74.1 Å². The molecule has 2 aliphatic heterocycles. The van der Waals surface area contributed by atoms with Gasteiger partial charge in [-0.15, -0.1) is 0 Å². The summed E-state index contributed by atoms with van der Waals surface area (Å²) in [5.41, 5.74) is 3.50. The number of unbranched alkanes of at least 4 members (excludes halogenated alkanes) is 1. The molecule has 0 saturated carbocycles. The summed E-state index contributed by atoms with van der Waals surface area (Å²) >= 11 is 6.89. The van der Waals surface area contributed by atoms with Gasteiger partial charge in [-0.2, -0.15) is 5.26 Å². The van der Waals surface area contributed by atoms with Crippen LogP contribution >= 0.6 is 24.0 Å². The average Bonchev–Trinajstić information content (AvgIpc) is 3.05. The molecule has 2 aliphatic rings. The zero-order valence-corrected chi connectivity index (χ0v) is 23.5. The van der Waals surface area contributed by atoms with Gasteiger partial charge in [0.15, 0.2) is 0 Å². The standard InChI is InChI=1S/C29H34N4O2S2/c1-4-5-16-32-26(31-14-8-6-7-9-15-31)23(21(3)24(18-30)27(32)34)17-25-28(35)33(29(36)37-25)19-22-12-10-20(2)11-13-22/h10-13,17H,4-9,14-16,19H2,1-3H3/b25-17-. The second kappa shape index (κ2) is 12.1. The summed E-state index contributed by atoms with van der Waals surface area (Å²) in [4.78, 5) is 31.4. The predicted molar refractivity (Wildman–Crippen MR) is 156 cm³/mol. The minimum absolute atomic E-state index is 0.137. The maximum atomic E-state index is 13.5. The van der Waals surface area contributed by atoms with Crippen LogP contribution in [0, 0.1) is 25.2 Å². The summed E-state index contributed by atoms with van der Waals surface area (Å²) in [6, 6.07) is 10.2. The highest BCUT2D eigenvalue weighted by Crippen LogP contribution is 2.37. The van der Waals surface area contributed by atoms with Crippen molar-refractivity contribution in [3.05, 3.63) is 67.3 Å². The van der Waals surface area contributed by atoms with Crippen molar-refractivity contribution in [3.8, 4) is 6.07 Å². The number of hydrogen-bond acceptors (Lipinski definition) is 6. The Morgan fingerprint density at radius 2 is 1.76 bits per heavy atom. The molecule has 0 bridgehead atoms. The van der Waals surface area contributed by atoms with Gasteiger partial charge in [-0.1, -0.05) is 80.0 Å². The van der Waals surface area contributed by atoms with Crippen LogP contribution in [0.2, 0.25) is 0 Å². The van der Waals surface area contributed by atoms with Crippen molar-refractivity contribution < 1.29 is 4.79 Å². The Morgan fingerprint density at radius 3 is 2.38 bits per heavy atom.